The highest BCUT2D eigenvalue weighted by Gasteiger charge is 2.16. The van der Waals surface area contributed by atoms with Crippen molar-refractivity contribution in [2.24, 2.45) is 0 Å². The van der Waals surface area contributed by atoms with Crippen LogP contribution < -0.4 is 11.1 Å². The van der Waals surface area contributed by atoms with Gasteiger partial charge in [-0.2, -0.15) is 5.10 Å². The molecule has 6 heteroatoms. The van der Waals surface area contributed by atoms with Crippen molar-refractivity contribution in [2.75, 3.05) is 11.1 Å². The molecule has 1 aromatic heterocycles. The highest BCUT2D eigenvalue weighted by molar-refractivity contribution is 6.07. The van der Waals surface area contributed by atoms with Crippen LogP contribution in [-0.2, 0) is 0 Å². The van der Waals surface area contributed by atoms with E-state index in [1.165, 1.54) is 18.2 Å². The Morgan fingerprint density at radius 1 is 1.44 bits per heavy atom. The molecule has 0 atom stereocenters. The standard InChI is InChI=1S/C12H13FN4O/c1-6-11(7(2)17-16-6)12(18)15-10-5-8(13)3-4-9(10)14/h3-5H,14H2,1-2H3,(H,15,18)(H,16,17). The zero-order chi connectivity index (χ0) is 13.3. The largest absolute Gasteiger partial charge is 0.397 e. The third kappa shape index (κ3) is 2.17. The molecule has 18 heavy (non-hydrogen) atoms. The zero-order valence-corrected chi connectivity index (χ0v) is 10.0. The lowest BCUT2D eigenvalue weighted by Gasteiger charge is -2.08. The number of hydrogen-bond donors (Lipinski definition) is 3. The van der Waals surface area contributed by atoms with E-state index < -0.39 is 5.82 Å². The van der Waals surface area contributed by atoms with E-state index in [-0.39, 0.29) is 11.6 Å². The molecular formula is C12H13FN4O. The first kappa shape index (κ1) is 12.1. The second-order valence-electron chi connectivity index (χ2n) is 3.99. The number of aromatic amines is 1. The van der Waals surface area contributed by atoms with E-state index in [1.54, 1.807) is 13.8 Å². The van der Waals surface area contributed by atoms with Gasteiger partial charge in [-0.05, 0) is 32.0 Å². The van der Waals surface area contributed by atoms with Crippen molar-refractivity contribution in [2.45, 2.75) is 13.8 Å². The third-order valence-corrected chi connectivity index (χ3v) is 2.62. The quantitative estimate of drug-likeness (QED) is 0.711. The number of anilines is 2. The third-order valence-electron chi connectivity index (χ3n) is 2.62. The number of nitrogens with two attached hydrogens (primary N) is 1. The van der Waals surface area contributed by atoms with Crippen LogP contribution in [0.3, 0.4) is 0 Å². The fourth-order valence-corrected chi connectivity index (χ4v) is 1.71. The van der Waals surface area contributed by atoms with Crippen molar-refractivity contribution >= 4 is 17.3 Å². The smallest absolute Gasteiger partial charge is 0.259 e. The number of aromatic nitrogens is 2. The Morgan fingerprint density at radius 3 is 2.78 bits per heavy atom. The molecule has 0 radical (unpaired) electrons. The van der Waals surface area contributed by atoms with Crippen LogP contribution in [0.2, 0.25) is 0 Å². The van der Waals surface area contributed by atoms with E-state index in [4.69, 9.17) is 5.73 Å². The second-order valence-corrected chi connectivity index (χ2v) is 3.99. The summed E-state index contributed by atoms with van der Waals surface area (Å²) in [4.78, 5) is 12.0. The normalized spacial score (nSPS) is 10.4. The van der Waals surface area contributed by atoms with Gasteiger partial charge in [0.25, 0.3) is 5.91 Å². The number of rotatable bonds is 2. The average molecular weight is 248 g/mol. The summed E-state index contributed by atoms with van der Waals surface area (Å²) < 4.78 is 13.1. The molecule has 2 aromatic rings. The van der Waals surface area contributed by atoms with Gasteiger partial charge in [0.05, 0.1) is 22.6 Å². The molecule has 0 fully saturated rings. The molecule has 0 unspecified atom stereocenters. The number of hydrogen-bond acceptors (Lipinski definition) is 3. The number of benzene rings is 1. The van der Waals surface area contributed by atoms with Crippen LogP contribution in [0.5, 0.6) is 0 Å². The Bertz CT molecular complexity index is 587. The van der Waals surface area contributed by atoms with Gasteiger partial charge in [0.2, 0.25) is 0 Å². The molecule has 0 aliphatic rings. The number of nitrogen functional groups attached to an aromatic ring is 1. The summed E-state index contributed by atoms with van der Waals surface area (Å²) in [5, 5.41) is 9.21. The monoisotopic (exact) mass is 248 g/mol. The van der Waals surface area contributed by atoms with Crippen LogP contribution >= 0.6 is 0 Å². The molecule has 0 saturated heterocycles. The lowest BCUT2D eigenvalue weighted by Crippen LogP contribution is -2.15. The Labute approximate surface area is 103 Å². The number of halogens is 1. The van der Waals surface area contributed by atoms with Gasteiger partial charge in [-0.25, -0.2) is 4.39 Å². The van der Waals surface area contributed by atoms with Gasteiger partial charge >= 0.3 is 0 Å². The Kier molecular flexibility index (Phi) is 3.01. The molecular weight excluding hydrogens is 235 g/mol. The first-order chi connectivity index (χ1) is 8.49. The fraction of sp³-hybridized carbons (Fsp3) is 0.167. The molecule has 0 aliphatic heterocycles. The lowest BCUT2D eigenvalue weighted by molar-refractivity contribution is 0.102. The number of carbonyl (C=O) groups excluding carboxylic acids is 1. The van der Waals surface area contributed by atoms with Crippen LogP contribution in [0.4, 0.5) is 15.8 Å². The van der Waals surface area contributed by atoms with Gasteiger partial charge in [0.15, 0.2) is 0 Å². The summed E-state index contributed by atoms with van der Waals surface area (Å²) in [5.41, 5.74) is 7.90. The molecule has 1 amide bonds. The topological polar surface area (TPSA) is 83.8 Å². The van der Waals surface area contributed by atoms with Gasteiger partial charge in [-0.15, -0.1) is 0 Å². The first-order valence-corrected chi connectivity index (χ1v) is 5.37. The highest BCUT2D eigenvalue weighted by atomic mass is 19.1. The van der Waals surface area contributed by atoms with E-state index in [9.17, 15) is 9.18 Å². The summed E-state index contributed by atoms with van der Waals surface area (Å²) in [6, 6.07) is 3.82. The Morgan fingerprint density at radius 2 is 2.17 bits per heavy atom. The van der Waals surface area contributed by atoms with Gasteiger partial charge in [0.1, 0.15) is 5.82 Å². The van der Waals surface area contributed by atoms with Crippen LogP contribution in [0.1, 0.15) is 21.7 Å². The fourth-order valence-electron chi connectivity index (χ4n) is 1.71. The van der Waals surface area contributed by atoms with Gasteiger partial charge in [-0.1, -0.05) is 0 Å². The number of amides is 1. The molecule has 5 nitrogen and oxygen atoms in total. The Hall–Kier alpha value is -2.37. The Balaban J connectivity index is 2.30. The van der Waals surface area contributed by atoms with Crippen molar-refractivity contribution < 1.29 is 9.18 Å². The van der Waals surface area contributed by atoms with Crippen LogP contribution in [0.15, 0.2) is 18.2 Å². The minimum atomic E-state index is -0.458. The summed E-state index contributed by atoms with van der Waals surface area (Å²) in [6.07, 6.45) is 0. The van der Waals surface area contributed by atoms with Crippen LogP contribution in [0, 0.1) is 19.7 Å². The number of H-pyrrole nitrogens is 1. The maximum absolute atomic E-state index is 13.1. The average Bonchev–Trinajstić information content (AvgIpc) is 2.63. The molecule has 0 saturated carbocycles. The molecule has 0 bridgehead atoms. The number of aryl methyl sites for hydroxylation is 2. The zero-order valence-electron chi connectivity index (χ0n) is 10.0. The van der Waals surface area contributed by atoms with Gasteiger partial charge in [0, 0.05) is 5.69 Å². The molecule has 4 N–H and O–H groups in total. The number of nitrogens with one attached hydrogen (secondary N) is 2. The molecule has 2 rings (SSSR count). The minimum Gasteiger partial charge on any atom is -0.397 e. The van der Waals surface area contributed by atoms with Crippen LogP contribution in [-0.4, -0.2) is 16.1 Å². The van der Waals surface area contributed by atoms with Crippen LogP contribution in [0.25, 0.3) is 0 Å². The van der Waals surface area contributed by atoms with E-state index in [0.29, 0.717) is 22.6 Å². The molecule has 1 aromatic carbocycles. The lowest BCUT2D eigenvalue weighted by atomic mass is 10.1. The summed E-state index contributed by atoms with van der Waals surface area (Å²) >= 11 is 0. The molecule has 94 valence electrons. The van der Waals surface area contributed by atoms with Crippen molar-refractivity contribution in [3.05, 3.63) is 41.0 Å². The van der Waals surface area contributed by atoms with E-state index in [2.05, 4.69) is 15.5 Å². The predicted octanol–water partition coefficient (Wildman–Crippen LogP) is 2.00. The van der Waals surface area contributed by atoms with Crippen molar-refractivity contribution in [1.29, 1.82) is 0 Å². The maximum Gasteiger partial charge on any atom is 0.259 e. The second kappa shape index (κ2) is 4.48. The number of carbonyl (C=O) groups is 1. The van der Waals surface area contributed by atoms with E-state index in [1.807, 2.05) is 0 Å². The van der Waals surface area contributed by atoms with E-state index >= 15 is 0 Å². The van der Waals surface area contributed by atoms with Gasteiger partial charge in [-0.3, -0.25) is 9.89 Å². The summed E-state index contributed by atoms with van der Waals surface area (Å²) in [6.45, 7) is 3.46. The predicted molar refractivity (Wildman–Crippen MR) is 66.8 cm³/mol. The van der Waals surface area contributed by atoms with E-state index in [0.717, 1.165) is 0 Å². The SMILES string of the molecule is Cc1n[nH]c(C)c1C(=O)Nc1cc(F)ccc1N. The van der Waals surface area contributed by atoms with Gasteiger partial charge < -0.3 is 11.1 Å². The maximum atomic E-state index is 13.1. The highest BCUT2D eigenvalue weighted by Crippen LogP contribution is 2.21. The molecule has 1 heterocycles. The minimum absolute atomic E-state index is 0.250. The summed E-state index contributed by atoms with van der Waals surface area (Å²) in [7, 11) is 0. The molecule has 0 aliphatic carbocycles. The number of nitrogens with zero attached hydrogens (tertiary/aromatic N) is 1. The summed E-state index contributed by atoms with van der Waals surface area (Å²) in [5.74, 6) is -0.823. The molecule has 0 spiro atoms. The van der Waals surface area contributed by atoms with Crippen molar-refractivity contribution in [3.63, 3.8) is 0 Å². The van der Waals surface area contributed by atoms with Crippen molar-refractivity contribution in [3.8, 4) is 0 Å². The first-order valence-electron chi connectivity index (χ1n) is 5.37. The van der Waals surface area contributed by atoms with Crippen molar-refractivity contribution in [1.82, 2.24) is 10.2 Å².